The summed E-state index contributed by atoms with van der Waals surface area (Å²) in [7, 11) is 0. The lowest BCUT2D eigenvalue weighted by Gasteiger charge is -2.11. The van der Waals surface area contributed by atoms with E-state index in [2.05, 4.69) is 10.6 Å². The number of benzene rings is 1. The van der Waals surface area contributed by atoms with Crippen LogP contribution in [0.25, 0.3) is 0 Å². The number of rotatable bonds is 4. The summed E-state index contributed by atoms with van der Waals surface area (Å²) in [5.74, 6) is -0.366. The molecule has 6 heteroatoms. The molecule has 0 saturated heterocycles. The van der Waals surface area contributed by atoms with E-state index in [0.717, 1.165) is 5.56 Å². The molecular formula is C13H20ClN3O2. The number of nitrogens with two attached hydrogens (primary N) is 1. The van der Waals surface area contributed by atoms with E-state index < -0.39 is 6.04 Å². The SMILES string of the molecule is CCNC(=O)c1ccc(NC(=O)C(C)N)c(C)c1.Cl. The average molecular weight is 286 g/mol. The van der Waals surface area contributed by atoms with Crippen LogP contribution in [0, 0.1) is 6.92 Å². The monoisotopic (exact) mass is 285 g/mol. The number of hydrogen-bond acceptors (Lipinski definition) is 3. The molecule has 0 aromatic heterocycles. The van der Waals surface area contributed by atoms with Gasteiger partial charge in [-0.2, -0.15) is 0 Å². The van der Waals surface area contributed by atoms with Crippen molar-refractivity contribution in [1.29, 1.82) is 0 Å². The zero-order valence-corrected chi connectivity index (χ0v) is 12.1. The van der Waals surface area contributed by atoms with Gasteiger partial charge >= 0.3 is 0 Å². The molecule has 5 nitrogen and oxygen atoms in total. The molecule has 1 unspecified atom stereocenters. The fourth-order valence-electron chi connectivity index (χ4n) is 1.45. The molecule has 0 heterocycles. The Morgan fingerprint density at radius 2 is 2.00 bits per heavy atom. The van der Waals surface area contributed by atoms with Crippen molar-refractivity contribution < 1.29 is 9.59 Å². The minimum absolute atomic E-state index is 0. The fourth-order valence-corrected chi connectivity index (χ4v) is 1.45. The smallest absolute Gasteiger partial charge is 0.251 e. The van der Waals surface area contributed by atoms with Crippen LogP contribution in [0.15, 0.2) is 18.2 Å². The standard InChI is InChI=1S/C13H19N3O2.ClH/c1-4-15-13(18)10-5-6-11(8(2)7-10)16-12(17)9(3)14;/h5-7,9H,4,14H2,1-3H3,(H,15,18)(H,16,17);1H. The highest BCUT2D eigenvalue weighted by atomic mass is 35.5. The van der Waals surface area contributed by atoms with Crippen molar-refractivity contribution in [3.63, 3.8) is 0 Å². The molecule has 0 saturated carbocycles. The van der Waals surface area contributed by atoms with Crippen molar-refractivity contribution in [2.45, 2.75) is 26.8 Å². The summed E-state index contributed by atoms with van der Waals surface area (Å²) >= 11 is 0. The number of carbonyl (C=O) groups is 2. The molecule has 0 fully saturated rings. The van der Waals surface area contributed by atoms with Crippen LogP contribution in [0.1, 0.15) is 29.8 Å². The normalized spacial score (nSPS) is 11.2. The summed E-state index contributed by atoms with van der Waals surface area (Å²) in [4.78, 5) is 23.1. The van der Waals surface area contributed by atoms with Gasteiger partial charge in [0.25, 0.3) is 5.91 Å². The maximum absolute atomic E-state index is 11.6. The van der Waals surface area contributed by atoms with E-state index in [0.29, 0.717) is 17.8 Å². The molecule has 1 aromatic carbocycles. The lowest BCUT2D eigenvalue weighted by atomic mass is 10.1. The third-order valence-corrected chi connectivity index (χ3v) is 2.50. The summed E-state index contributed by atoms with van der Waals surface area (Å²) in [5.41, 5.74) is 7.55. The van der Waals surface area contributed by atoms with Crippen LogP contribution in [0.3, 0.4) is 0 Å². The molecule has 19 heavy (non-hydrogen) atoms. The first-order chi connectivity index (χ1) is 8.45. The number of anilines is 1. The predicted molar refractivity (Wildman–Crippen MR) is 78.7 cm³/mol. The molecule has 106 valence electrons. The summed E-state index contributed by atoms with van der Waals surface area (Å²) in [6.07, 6.45) is 0. The van der Waals surface area contributed by atoms with Gasteiger partial charge in [0.15, 0.2) is 0 Å². The van der Waals surface area contributed by atoms with Crippen molar-refractivity contribution in [3.05, 3.63) is 29.3 Å². The van der Waals surface area contributed by atoms with E-state index in [4.69, 9.17) is 5.73 Å². The summed E-state index contributed by atoms with van der Waals surface area (Å²) in [5, 5.41) is 5.43. The van der Waals surface area contributed by atoms with Gasteiger partial charge in [-0.05, 0) is 44.5 Å². The second-order valence-corrected chi connectivity index (χ2v) is 4.17. The Labute approximate surface area is 119 Å². The van der Waals surface area contributed by atoms with E-state index in [1.165, 1.54) is 0 Å². The Morgan fingerprint density at radius 3 is 2.47 bits per heavy atom. The first kappa shape index (κ1) is 17.4. The Balaban J connectivity index is 0.00000324. The van der Waals surface area contributed by atoms with Gasteiger partial charge in [0.05, 0.1) is 6.04 Å². The van der Waals surface area contributed by atoms with Crippen LogP contribution >= 0.6 is 12.4 Å². The third-order valence-electron chi connectivity index (χ3n) is 2.50. The van der Waals surface area contributed by atoms with Crippen molar-refractivity contribution in [3.8, 4) is 0 Å². The fraction of sp³-hybridized carbons (Fsp3) is 0.385. The molecule has 4 N–H and O–H groups in total. The van der Waals surface area contributed by atoms with Crippen molar-refractivity contribution in [2.24, 2.45) is 5.73 Å². The molecule has 0 radical (unpaired) electrons. The minimum Gasteiger partial charge on any atom is -0.352 e. The van der Waals surface area contributed by atoms with Gasteiger partial charge in [-0.3, -0.25) is 9.59 Å². The number of nitrogens with one attached hydrogen (secondary N) is 2. The van der Waals surface area contributed by atoms with Crippen LogP contribution in [0.5, 0.6) is 0 Å². The van der Waals surface area contributed by atoms with E-state index in [-0.39, 0.29) is 24.2 Å². The highest BCUT2D eigenvalue weighted by Crippen LogP contribution is 2.16. The molecular weight excluding hydrogens is 266 g/mol. The summed E-state index contributed by atoms with van der Waals surface area (Å²) in [6, 6.07) is 4.56. The zero-order valence-electron chi connectivity index (χ0n) is 11.3. The van der Waals surface area contributed by atoms with Crippen molar-refractivity contribution in [1.82, 2.24) is 5.32 Å². The van der Waals surface area contributed by atoms with Gasteiger partial charge in [-0.1, -0.05) is 0 Å². The highest BCUT2D eigenvalue weighted by molar-refractivity contribution is 5.97. The van der Waals surface area contributed by atoms with Crippen LogP contribution in [0.4, 0.5) is 5.69 Å². The molecule has 1 atom stereocenters. The Bertz CT molecular complexity index is 461. The molecule has 0 aliphatic rings. The Hall–Kier alpha value is -1.59. The zero-order chi connectivity index (χ0) is 13.7. The van der Waals surface area contributed by atoms with E-state index in [9.17, 15) is 9.59 Å². The second-order valence-electron chi connectivity index (χ2n) is 4.17. The largest absolute Gasteiger partial charge is 0.352 e. The number of amides is 2. The van der Waals surface area contributed by atoms with Crippen LogP contribution in [0.2, 0.25) is 0 Å². The second kappa shape index (κ2) is 7.76. The lowest BCUT2D eigenvalue weighted by molar-refractivity contribution is -0.117. The van der Waals surface area contributed by atoms with Gasteiger partial charge in [0.1, 0.15) is 0 Å². The molecule has 0 aliphatic carbocycles. The first-order valence-electron chi connectivity index (χ1n) is 5.91. The molecule has 0 aliphatic heterocycles. The summed E-state index contributed by atoms with van der Waals surface area (Å²) in [6.45, 7) is 5.90. The minimum atomic E-state index is -0.563. The van der Waals surface area contributed by atoms with E-state index >= 15 is 0 Å². The van der Waals surface area contributed by atoms with Gasteiger partial charge in [0, 0.05) is 17.8 Å². The number of hydrogen-bond donors (Lipinski definition) is 3. The molecule has 2 amide bonds. The third kappa shape index (κ3) is 4.89. The topological polar surface area (TPSA) is 84.2 Å². The van der Waals surface area contributed by atoms with E-state index in [1.807, 2.05) is 13.8 Å². The van der Waals surface area contributed by atoms with Gasteiger partial charge in [-0.25, -0.2) is 0 Å². The first-order valence-corrected chi connectivity index (χ1v) is 5.91. The van der Waals surface area contributed by atoms with E-state index in [1.54, 1.807) is 25.1 Å². The molecule has 0 spiro atoms. The Kier molecular flexibility index (Phi) is 7.11. The van der Waals surface area contributed by atoms with Crippen LogP contribution in [-0.2, 0) is 4.79 Å². The molecule has 1 rings (SSSR count). The Morgan fingerprint density at radius 1 is 1.37 bits per heavy atom. The van der Waals surface area contributed by atoms with Crippen LogP contribution in [-0.4, -0.2) is 24.4 Å². The maximum atomic E-state index is 11.6. The van der Waals surface area contributed by atoms with Crippen molar-refractivity contribution >= 4 is 29.9 Å². The maximum Gasteiger partial charge on any atom is 0.251 e. The molecule has 1 aromatic rings. The average Bonchev–Trinajstić information content (AvgIpc) is 2.31. The van der Waals surface area contributed by atoms with Gasteiger partial charge < -0.3 is 16.4 Å². The number of halogens is 1. The quantitative estimate of drug-likeness (QED) is 0.783. The lowest BCUT2D eigenvalue weighted by Crippen LogP contribution is -2.32. The predicted octanol–water partition coefficient (Wildman–Crippen LogP) is 1.45. The van der Waals surface area contributed by atoms with Crippen molar-refractivity contribution in [2.75, 3.05) is 11.9 Å². The summed E-state index contributed by atoms with van der Waals surface area (Å²) < 4.78 is 0. The molecule has 0 bridgehead atoms. The van der Waals surface area contributed by atoms with Crippen LogP contribution < -0.4 is 16.4 Å². The van der Waals surface area contributed by atoms with Gasteiger partial charge in [0.2, 0.25) is 5.91 Å². The highest BCUT2D eigenvalue weighted by Gasteiger charge is 2.11. The number of aryl methyl sites for hydroxylation is 1. The van der Waals surface area contributed by atoms with Gasteiger partial charge in [-0.15, -0.1) is 12.4 Å². The number of carbonyl (C=O) groups excluding carboxylic acids is 2.